The third kappa shape index (κ3) is 5.80. The van der Waals surface area contributed by atoms with E-state index >= 15 is 0 Å². The maximum Gasteiger partial charge on any atom is 0.315 e. The molecule has 0 aliphatic carbocycles. The summed E-state index contributed by atoms with van der Waals surface area (Å²) in [6.07, 6.45) is 6.12. The SMILES string of the molecule is CCCCN1CCCCC1CNC(=O)NCc1ccccc1CO. The van der Waals surface area contributed by atoms with Crippen LogP contribution in [-0.2, 0) is 13.2 Å². The van der Waals surface area contributed by atoms with Crippen LogP contribution in [0.5, 0.6) is 0 Å². The smallest absolute Gasteiger partial charge is 0.315 e. The second kappa shape index (κ2) is 10.3. The summed E-state index contributed by atoms with van der Waals surface area (Å²) >= 11 is 0. The summed E-state index contributed by atoms with van der Waals surface area (Å²) in [5.41, 5.74) is 1.81. The summed E-state index contributed by atoms with van der Waals surface area (Å²) < 4.78 is 0. The maximum atomic E-state index is 12.1. The van der Waals surface area contributed by atoms with Gasteiger partial charge in [0.1, 0.15) is 0 Å². The molecule has 1 aliphatic heterocycles. The summed E-state index contributed by atoms with van der Waals surface area (Å²) in [6.45, 7) is 5.64. The van der Waals surface area contributed by atoms with Gasteiger partial charge >= 0.3 is 6.03 Å². The Morgan fingerprint density at radius 1 is 1.25 bits per heavy atom. The first kappa shape index (κ1) is 18.7. The second-order valence-electron chi connectivity index (χ2n) is 6.53. The molecule has 0 radical (unpaired) electrons. The molecule has 0 spiro atoms. The number of urea groups is 1. The molecule has 2 amide bonds. The monoisotopic (exact) mass is 333 g/mol. The van der Waals surface area contributed by atoms with Crippen molar-refractivity contribution in [2.45, 2.75) is 58.2 Å². The van der Waals surface area contributed by atoms with Crippen molar-refractivity contribution in [2.75, 3.05) is 19.6 Å². The summed E-state index contributed by atoms with van der Waals surface area (Å²) in [5, 5.41) is 15.2. The highest BCUT2D eigenvalue weighted by molar-refractivity contribution is 5.73. The van der Waals surface area contributed by atoms with Gasteiger partial charge in [0.2, 0.25) is 0 Å². The van der Waals surface area contributed by atoms with Gasteiger partial charge in [-0.3, -0.25) is 4.90 Å². The standard InChI is InChI=1S/C19H31N3O2/c1-2-3-11-22-12-7-6-10-18(22)14-21-19(24)20-13-16-8-4-5-9-17(16)15-23/h4-5,8-9,18,23H,2-3,6-7,10-15H2,1H3,(H2,20,21,24). The van der Waals surface area contributed by atoms with E-state index in [2.05, 4.69) is 22.5 Å². The molecule has 1 saturated heterocycles. The quantitative estimate of drug-likeness (QED) is 0.685. The number of hydrogen-bond acceptors (Lipinski definition) is 3. The van der Waals surface area contributed by atoms with Gasteiger partial charge in [0.05, 0.1) is 6.61 Å². The fraction of sp³-hybridized carbons (Fsp3) is 0.632. The molecule has 24 heavy (non-hydrogen) atoms. The molecule has 1 aromatic rings. The van der Waals surface area contributed by atoms with E-state index < -0.39 is 0 Å². The van der Waals surface area contributed by atoms with E-state index in [0.29, 0.717) is 19.1 Å². The first-order valence-electron chi connectivity index (χ1n) is 9.18. The lowest BCUT2D eigenvalue weighted by molar-refractivity contribution is 0.144. The Bertz CT molecular complexity index is 507. The molecule has 1 aromatic carbocycles. The van der Waals surface area contributed by atoms with Crippen LogP contribution in [0.15, 0.2) is 24.3 Å². The Kier molecular flexibility index (Phi) is 8.05. The fourth-order valence-corrected chi connectivity index (χ4v) is 3.28. The van der Waals surface area contributed by atoms with Crippen LogP contribution < -0.4 is 10.6 Å². The van der Waals surface area contributed by atoms with E-state index in [4.69, 9.17) is 0 Å². The van der Waals surface area contributed by atoms with Crippen LogP contribution in [0.1, 0.15) is 50.2 Å². The van der Waals surface area contributed by atoms with Gasteiger partial charge in [-0.25, -0.2) is 4.79 Å². The molecule has 5 nitrogen and oxygen atoms in total. The van der Waals surface area contributed by atoms with E-state index in [-0.39, 0.29) is 12.6 Å². The molecule has 0 bridgehead atoms. The normalized spacial score (nSPS) is 18.3. The average molecular weight is 333 g/mol. The largest absolute Gasteiger partial charge is 0.392 e. The maximum absolute atomic E-state index is 12.1. The number of nitrogens with zero attached hydrogens (tertiary/aromatic N) is 1. The number of likely N-dealkylation sites (tertiary alicyclic amines) is 1. The van der Waals surface area contributed by atoms with Crippen molar-refractivity contribution >= 4 is 6.03 Å². The van der Waals surface area contributed by atoms with E-state index in [0.717, 1.165) is 30.6 Å². The van der Waals surface area contributed by atoms with Gasteiger partial charge in [0.25, 0.3) is 0 Å². The highest BCUT2D eigenvalue weighted by Gasteiger charge is 2.22. The van der Waals surface area contributed by atoms with E-state index in [1.165, 1.54) is 25.7 Å². The van der Waals surface area contributed by atoms with E-state index in [1.54, 1.807) is 0 Å². The van der Waals surface area contributed by atoms with Crippen molar-refractivity contribution in [1.29, 1.82) is 0 Å². The summed E-state index contributed by atoms with van der Waals surface area (Å²) in [5.74, 6) is 0. The summed E-state index contributed by atoms with van der Waals surface area (Å²) in [4.78, 5) is 14.6. The molecule has 0 aromatic heterocycles. The fourth-order valence-electron chi connectivity index (χ4n) is 3.28. The number of unbranched alkanes of at least 4 members (excludes halogenated alkanes) is 1. The minimum atomic E-state index is -0.135. The Hall–Kier alpha value is -1.59. The minimum absolute atomic E-state index is 0.00602. The number of nitrogens with one attached hydrogen (secondary N) is 2. The number of carbonyl (C=O) groups excluding carboxylic acids is 1. The molecular weight excluding hydrogens is 302 g/mol. The van der Waals surface area contributed by atoms with Crippen molar-refractivity contribution < 1.29 is 9.90 Å². The van der Waals surface area contributed by atoms with Gasteiger partial charge in [-0.05, 0) is 43.5 Å². The average Bonchev–Trinajstić information content (AvgIpc) is 2.63. The van der Waals surface area contributed by atoms with Crippen LogP contribution >= 0.6 is 0 Å². The molecule has 1 atom stereocenters. The lowest BCUT2D eigenvalue weighted by Gasteiger charge is -2.35. The number of hydrogen-bond donors (Lipinski definition) is 3. The third-order valence-corrected chi connectivity index (χ3v) is 4.77. The van der Waals surface area contributed by atoms with Crippen molar-refractivity contribution in [3.05, 3.63) is 35.4 Å². The van der Waals surface area contributed by atoms with Gasteiger partial charge < -0.3 is 15.7 Å². The van der Waals surface area contributed by atoms with Crippen LogP contribution in [0.2, 0.25) is 0 Å². The number of benzene rings is 1. The van der Waals surface area contributed by atoms with Gasteiger partial charge in [-0.2, -0.15) is 0 Å². The summed E-state index contributed by atoms with van der Waals surface area (Å²) in [7, 11) is 0. The Labute approximate surface area is 145 Å². The molecule has 134 valence electrons. The molecule has 1 fully saturated rings. The lowest BCUT2D eigenvalue weighted by Crippen LogP contribution is -2.48. The first-order valence-corrected chi connectivity index (χ1v) is 9.18. The third-order valence-electron chi connectivity index (χ3n) is 4.77. The van der Waals surface area contributed by atoms with Gasteiger partial charge in [0, 0.05) is 19.1 Å². The highest BCUT2D eigenvalue weighted by atomic mass is 16.3. The zero-order chi connectivity index (χ0) is 17.2. The van der Waals surface area contributed by atoms with Crippen molar-refractivity contribution in [2.24, 2.45) is 0 Å². The molecule has 3 N–H and O–H groups in total. The molecule has 1 unspecified atom stereocenters. The van der Waals surface area contributed by atoms with Gasteiger partial charge in [0.15, 0.2) is 0 Å². The minimum Gasteiger partial charge on any atom is -0.392 e. The van der Waals surface area contributed by atoms with Gasteiger partial charge in [-0.1, -0.05) is 44.0 Å². The van der Waals surface area contributed by atoms with Crippen LogP contribution in [0.25, 0.3) is 0 Å². The van der Waals surface area contributed by atoms with E-state index in [1.807, 2.05) is 24.3 Å². The zero-order valence-corrected chi connectivity index (χ0v) is 14.8. The van der Waals surface area contributed by atoms with Gasteiger partial charge in [-0.15, -0.1) is 0 Å². The van der Waals surface area contributed by atoms with Crippen LogP contribution in [0, 0.1) is 0 Å². The molecule has 2 rings (SSSR count). The summed E-state index contributed by atoms with van der Waals surface area (Å²) in [6, 6.07) is 7.94. The van der Waals surface area contributed by atoms with Crippen molar-refractivity contribution in [3.8, 4) is 0 Å². The van der Waals surface area contributed by atoms with Crippen LogP contribution in [-0.4, -0.2) is 41.7 Å². The van der Waals surface area contributed by atoms with Crippen molar-refractivity contribution in [1.82, 2.24) is 15.5 Å². The molecule has 5 heteroatoms. The number of aliphatic hydroxyl groups is 1. The second-order valence-corrected chi connectivity index (χ2v) is 6.53. The molecule has 1 heterocycles. The number of aliphatic hydroxyl groups excluding tert-OH is 1. The Morgan fingerprint density at radius 3 is 2.79 bits per heavy atom. The molecule has 0 saturated carbocycles. The lowest BCUT2D eigenvalue weighted by atomic mass is 10.0. The van der Waals surface area contributed by atoms with Crippen molar-refractivity contribution in [3.63, 3.8) is 0 Å². The molecule has 1 aliphatic rings. The Balaban J connectivity index is 1.75. The van der Waals surface area contributed by atoms with E-state index in [9.17, 15) is 9.90 Å². The topological polar surface area (TPSA) is 64.6 Å². The molecular formula is C19H31N3O2. The van der Waals surface area contributed by atoms with Crippen LogP contribution in [0.4, 0.5) is 4.79 Å². The predicted molar refractivity (Wildman–Crippen MR) is 96.7 cm³/mol. The zero-order valence-electron chi connectivity index (χ0n) is 14.8. The number of piperidine rings is 1. The number of amides is 2. The highest BCUT2D eigenvalue weighted by Crippen LogP contribution is 2.17. The predicted octanol–water partition coefficient (Wildman–Crippen LogP) is 2.63. The number of rotatable bonds is 8. The van der Waals surface area contributed by atoms with Crippen LogP contribution in [0.3, 0.4) is 0 Å². The number of carbonyl (C=O) groups is 1. The first-order chi connectivity index (χ1) is 11.7. The Morgan fingerprint density at radius 2 is 2.04 bits per heavy atom.